The Kier molecular flexibility index (Phi) is 11.2. The monoisotopic (exact) mass is 611 g/mol. The van der Waals surface area contributed by atoms with Gasteiger partial charge in [-0.25, -0.2) is 4.79 Å². The number of amidine groups is 1. The molecule has 1 aromatic heterocycles. The Hall–Kier alpha value is -5.33. The van der Waals surface area contributed by atoms with Gasteiger partial charge in [0.1, 0.15) is 0 Å². The fourth-order valence-electron chi connectivity index (χ4n) is 4.50. The Morgan fingerprint density at radius 3 is 2.60 bits per heavy atom. The Morgan fingerprint density at radius 2 is 1.93 bits per heavy atom. The van der Waals surface area contributed by atoms with Gasteiger partial charge in [0.15, 0.2) is 5.84 Å². The molecule has 13 heteroatoms. The summed E-state index contributed by atoms with van der Waals surface area (Å²) in [6.07, 6.45) is 4.30. The van der Waals surface area contributed by atoms with Crippen LogP contribution >= 0.6 is 0 Å². The first kappa shape index (κ1) is 32.6. The second kappa shape index (κ2) is 15.4. The molecule has 4 rings (SSSR count). The van der Waals surface area contributed by atoms with Crippen molar-refractivity contribution in [2.24, 2.45) is 16.8 Å². The summed E-state index contributed by atoms with van der Waals surface area (Å²) < 4.78 is 5.07. The van der Waals surface area contributed by atoms with Gasteiger partial charge in [0, 0.05) is 0 Å². The van der Waals surface area contributed by atoms with Crippen molar-refractivity contribution >= 4 is 53.4 Å². The van der Waals surface area contributed by atoms with Crippen LogP contribution in [0.1, 0.15) is 44.7 Å². The number of ether oxygens (including phenoxy) is 1. The van der Waals surface area contributed by atoms with E-state index >= 15 is 0 Å². The maximum absolute atomic E-state index is 11.9. The molecule has 0 saturated heterocycles. The first-order valence-electron chi connectivity index (χ1n) is 14.7. The Morgan fingerprint density at radius 1 is 1.18 bits per heavy atom. The molecule has 0 spiro atoms. The first-order valence-corrected chi connectivity index (χ1v) is 14.7. The quantitative estimate of drug-likeness (QED) is 0.0560. The summed E-state index contributed by atoms with van der Waals surface area (Å²) in [6.45, 7) is 6.00. The SMILES string of the molecule is CCOC(=O)CCCN(C(=BO)c1ccc2c(c1)NC(=CNc1ccc(C(N)=NOC(=O)C(C)C)cc1)N2C)c1ccccn1. The number of carbonyl (C=O) groups is 2. The van der Waals surface area contributed by atoms with Gasteiger partial charge in [0.05, 0.1) is 5.92 Å². The van der Waals surface area contributed by atoms with Gasteiger partial charge in [0.25, 0.3) is 0 Å². The van der Waals surface area contributed by atoms with Gasteiger partial charge in [0.2, 0.25) is 0 Å². The number of hydrogen-bond acceptors (Lipinski definition) is 11. The number of benzene rings is 2. The summed E-state index contributed by atoms with van der Waals surface area (Å²) in [6, 6.07) is 18.6. The molecule has 3 aromatic rings. The number of aromatic nitrogens is 1. The Balaban J connectivity index is 1.47. The van der Waals surface area contributed by atoms with Crippen molar-refractivity contribution in [2.75, 3.05) is 40.6 Å². The summed E-state index contributed by atoms with van der Waals surface area (Å²) >= 11 is 0. The Bertz CT molecular complexity index is 1580. The molecule has 2 aromatic carbocycles. The fourth-order valence-corrected chi connectivity index (χ4v) is 4.50. The molecule has 0 amide bonds. The second-order valence-electron chi connectivity index (χ2n) is 10.5. The molecule has 0 radical (unpaired) electrons. The van der Waals surface area contributed by atoms with Crippen LogP contribution in [0, 0.1) is 5.92 Å². The van der Waals surface area contributed by atoms with Gasteiger partial charge in [-0.15, -0.1) is 0 Å². The van der Waals surface area contributed by atoms with E-state index in [0.717, 1.165) is 35.6 Å². The van der Waals surface area contributed by atoms with Gasteiger partial charge in [-0.05, 0) is 0 Å². The van der Waals surface area contributed by atoms with Crippen molar-refractivity contribution < 1.29 is 24.2 Å². The summed E-state index contributed by atoms with van der Waals surface area (Å²) in [7, 11) is 3.01. The maximum atomic E-state index is 11.9. The van der Waals surface area contributed by atoms with Gasteiger partial charge >= 0.3 is 217 Å². The molecule has 0 aliphatic carbocycles. The molecule has 234 valence electrons. The number of rotatable bonds is 13. The topological polar surface area (TPSA) is 155 Å². The summed E-state index contributed by atoms with van der Waals surface area (Å²) in [5.41, 5.74) is 10.5. The van der Waals surface area contributed by atoms with Crippen LogP contribution in [0.25, 0.3) is 0 Å². The van der Waals surface area contributed by atoms with Crippen LogP contribution in [0.3, 0.4) is 0 Å². The molecule has 0 fully saturated rings. The molecule has 45 heavy (non-hydrogen) atoms. The standard InChI is InChI=1S/C32H38BN7O5/c1-5-44-29(41)10-8-18-40(27-9-6-7-17-35-27)30(33-43)23-13-16-26-25(19-23)37-28(39(26)4)20-36-24-14-11-22(12-15-24)31(34)38-45-32(42)21(2)3/h6-7,9,11-17,19-21,36-37,43H,5,8,10,18H2,1-4H3,(H2,34,38). The number of carbonyl (C=O) groups excluding carboxylic acids is 2. The predicted octanol–water partition coefficient (Wildman–Crippen LogP) is 3.61. The molecule has 0 unspecified atom stereocenters. The van der Waals surface area contributed by atoms with Crippen molar-refractivity contribution in [2.45, 2.75) is 33.6 Å². The van der Waals surface area contributed by atoms with Crippen molar-refractivity contribution in [1.82, 2.24) is 4.98 Å². The number of pyridine rings is 1. The predicted molar refractivity (Wildman–Crippen MR) is 178 cm³/mol. The molecule has 2 heterocycles. The molecule has 5 N–H and O–H groups in total. The van der Waals surface area contributed by atoms with Gasteiger partial charge < -0.3 is 10.6 Å². The normalized spacial score (nSPS) is 13.6. The minimum atomic E-state index is -0.454. The zero-order chi connectivity index (χ0) is 32.3. The van der Waals surface area contributed by atoms with Crippen LogP contribution in [0.15, 0.2) is 84.0 Å². The van der Waals surface area contributed by atoms with Gasteiger partial charge in [-0.2, -0.15) is 0 Å². The van der Waals surface area contributed by atoms with Gasteiger partial charge in [-0.1, -0.05) is 19.0 Å². The van der Waals surface area contributed by atoms with E-state index in [0.29, 0.717) is 36.5 Å². The Labute approximate surface area is 263 Å². The number of anilines is 4. The number of esters is 1. The van der Waals surface area contributed by atoms with E-state index in [1.54, 1.807) is 39.1 Å². The average Bonchev–Trinajstić information content (AvgIpc) is 3.37. The van der Waals surface area contributed by atoms with E-state index in [1.807, 2.05) is 71.6 Å². The fraction of sp³-hybridized carbons (Fsp3) is 0.281. The second-order valence-corrected chi connectivity index (χ2v) is 10.5. The van der Waals surface area contributed by atoms with E-state index in [-0.39, 0.29) is 24.1 Å². The van der Waals surface area contributed by atoms with Crippen LogP contribution < -0.4 is 26.2 Å². The average molecular weight is 612 g/mol. The molecular weight excluding hydrogens is 573 g/mol. The van der Waals surface area contributed by atoms with E-state index in [4.69, 9.17) is 15.3 Å². The number of fused-ring (bicyclic) bond motifs is 1. The molecule has 1 aliphatic rings. The molecule has 1 aliphatic heterocycles. The third-order valence-corrected chi connectivity index (χ3v) is 6.95. The number of nitrogens with one attached hydrogen (secondary N) is 2. The molecule has 0 saturated carbocycles. The molecule has 0 bridgehead atoms. The number of nitrogens with two attached hydrogens (primary N) is 1. The van der Waals surface area contributed by atoms with E-state index in [1.165, 1.54) is 0 Å². The number of hydrogen-bond donors (Lipinski definition) is 4. The van der Waals surface area contributed by atoms with Crippen molar-refractivity contribution in [1.29, 1.82) is 0 Å². The molecule has 0 atom stereocenters. The van der Waals surface area contributed by atoms with Crippen LogP contribution in [0.4, 0.5) is 22.9 Å². The number of nitrogens with zero attached hydrogens (tertiary/aromatic N) is 4. The van der Waals surface area contributed by atoms with Crippen molar-refractivity contribution in [3.63, 3.8) is 0 Å². The van der Waals surface area contributed by atoms with Crippen LogP contribution in [0.2, 0.25) is 0 Å². The van der Waals surface area contributed by atoms with Crippen molar-refractivity contribution in [3.8, 4) is 0 Å². The number of oxime groups is 1. The first-order chi connectivity index (χ1) is 21.7. The van der Waals surface area contributed by atoms with E-state index in [9.17, 15) is 14.6 Å². The summed E-state index contributed by atoms with van der Waals surface area (Å²) in [5, 5.41) is 20.8. The third-order valence-electron chi connectivity index (χ3n) is 6.95. The summed E-state index contributed by atoms with van der Waals surface area (Å²) in [4.78, 5) is 36.8. The zero-order valence-corrected chi connectivity index (χ0v) is 25.9. The van der Waals surface area contributed by atoms with Crippen LogP contribution in [0.5, 0.6) is 0 Å². The third kappa shape index (κ3) is 8.40. The molecular formula is C32H38BN7O5. The van der Waals surface area contributed by atoms with E-state index in [2.05, 4.69) is 20.8 Å². The summed E-state index contributed by atoms with van der Waals surface area (Å²) in [5.74, 6) is 0.540. The zero-order valence-electron chi connectivity index (χ0n) is 25.9. The van der Waals surface area contributed by atoms with Crippen LogP contribution in [-0.2, 0) is 19.2 Å². The van der Waals surface area contributed by atoms with E-state index < -0.39 is 5.97 Å². The minimum absolute atomic E-state index is 0.106. The van der Waals surface area contributed by atoms with Gasteiger partial charge in [-0.3, -0.25) is 0 Å². The van der Waals surface area contributed by atoms with Crippen LogP contribution in [-0.4, -0.2) is 60.7 Å². The van der Waals surface area contributed by atoms with Crippen molar-refractivity contribution in [3.05, 3.63) is 90.0 Å². The molecule has 12 nitrogen and oxygen atoms in total.